The minimum absolute atomic E-state index is 0.132. The monoisotopic (exact) mass is 374 g/mol. The van der Waals surface area contributed by atoms with Crippen LogP contribution in [0.3, 0.4) is 0 Å². The van der Waals surface area contributed by atoms with Gasteiger partial charge in [0, 0.05) is 13.3 Å². The summed E-state index contributed by atoms with van der Waals surface area (Å²) in [4.78, 5) is 40.7. The summed E-state index contributed by atoms with van der Waals surface area (Å²) in [6.45, 7) is 5.33. The first-order chi connectivity index (χ1) is 12.9. The van der Waals surface area contributed by atoms with Gasteiger partial charge in [-0.05, 0) is 18.4 Å². The fourth-order valence-electron chi connectivity index (χ4n) is 3.05. The van der Waals surface area contributed by atoms with Crippen molar-refractivity contribution in [3.05, 3.63) is 42.1 Å². The van der Waals surface area contributed by atoms with Gasteiger partial charge >= 0.3 is 5.97 Å². The molecule has 0 radical (unpaired) electrons. The first-order valence-corrected chi connectivity index (χ1v) is 8.95. The van der Waals surface area contributed by atoms with E-state index in [1.165, 1.54) is 16.9 Å². The Kier molecular flexibility index (Phi) is 7.12. The molecule has 0 spiro atoms. The molecule has 0 fully saturated rings. The number of nitrogens with zero attached hydrogens (tertiary/aromatic N) is 2. The lowest BCUT2D eigenvalue weighted by atomic mass is 9.97. The summed E-state index contributed by atoms with van der Waals surface area (Å²) in [7, 11) is 1.43. The fraction of sp³-hybridized carbons (Fsp3) is 0.450. The van der Waals surface area contributed by atoms with E-state index in [1.54, 1.807) is 13.1 Å². The SMILES string of the molecule is CCOC(=O)CN1C(=O)C(C(C)C)N(C(=O)COC)C=C1c1ccccc1. The van der Waals surface area contributed by atoms with Gasteiger partial charge in [0.05, 0.1) is 12.3 Å². The number of hydrogen-bond donors (Lipinski definition) is 0. The van der Waals surface area contributed by atoms with Gasteiger partial charge in [-0.15, -0.1) is 0 Å². The van der Waals surface area contributed by atoms with E-state index >= 15 is 0 Å². The molecule has 0 N–H and O–H groups in total. The number of carbonyl (C=O) groups excluding carboxylic acids is 3. The van der Waals surface area contributed by atoms with Crippen LogP contribution in [0.15, 0.2) is 36.5 Å². The van der Waals surface area contributed by atoms with Crippen molar-refractivity contribution in [2.75, 3.05) is 26.9 Å². The molecule has 7 nitrogen and oxygen atoms in total. The number of ether oxygens (including phenoxy) is 2. The number of amides is 2. The van der Waals surface area contributed by atoms with Crippen LogP contribution < -0.4 is 0 Å². The summed E-state index contributed by atoms with van der Waals surface area (Å²) in [6, 6.07) is 8.46. The molecule has 0 aromatic heterocycles. The number of hydrogen-bond acceptors (Lipinski definition) is 5. The lowest BCUT2D eigenvalue weighted by molar-refractivity contribution is -0.151. The van der Waals surface area contributed by atoms with Crippen LogP contribution in [-0.2, 0) is 23.9 Å². The molecule has 0 bridgehead atoms. The van der Waals surface area contributed by atoms with Gasteiger partial charge in [-0.1, -0.05) is 44.2 Å². The zero-order chi connectivity index (χ0) is 20.0. The van der Waals surface area contributed by atoms with Crippen molar-refractivity contribution < 1.29 is 23.9 Å². The quantitative estimate of drug-likeness (QED) is 0.681. The minimum Gasteiger partial charge on any atom is -0.465 e. The van der Waals surface area contributed by atoms with Crippen LogP contribution >= 0.6 is 0 Å². The number of esters is 1. The Labute approximate surface area is 159 Å². The Bertz CT molecular complexity index is 714. The van der Waals surface area contributed by atoms with Crippen LogP contribution in [0.1, 0.15) is 26.3 Å². The maximum Gasteiger partial charge on any atom is 0.326 e. The molecule has 2 amide bonds. The van der Waals surface area contributed by atoms with E-state index in [0.29, 0.717) is 5.70 Å². The van der Waals surface area contributed by atoms with E-state index in [1.807, 2.05) is 44.2 Å². The van der Waals surface area contributed by atoms with E-state index in [4.69, 9.17) is 9.47 Å². The number of methoxy groups -OCH3 is 1. The summed E-state index contributed by atoms with van der Waals surface area (Å²) in [6.07, 6.45) is 1.63. The fourth-order valence-corrected chi connectivity index (χ4v) is 3.05. The molecule has 1 aromatic rings. The lowest BCUT2D eigenvalue weighted by Crippen LogP contribution is -2.56. The van der Waals surface area contributed by atoms with Crippen molar-refractivity contribution in [2.24, 2.45) is 5.92 Å². The molecule has 1 unspecified atom stereocenters. The third kappa shape index (κ3) is 4.74. The summed E-state index contributed by atoms with van der Waals surface area (Å²) < 4.78 is 9.99. The summed E-state index contributed by atoms with van der Waals surface area (Å²) in [5, 5.41) is 0. The Balaban J connectivity index is 2.52. The van der Waals surface area contributed by atoms with Gasteiger partial charge in [0.15, 0.2) is 0 Å². The van der Waals surface area contributed by atoms with E-state index < -0.39 is 12.0 Å². The molecule has 146 valence electrons. The van der Waals surface area contributed by atoms with Crippen LogP contribution in [0.25, 0.3) is 5.70 Å². The van der Waals surface area contributed by atoms with Crippen molar-refractivity contribution in [1.29, 1.82) is 0 Å². The third-order valence-electron chi connectivity index (χ3n) is 4.22. The molecule has 1 aliphatic rings. The third-order valence-corrected chi connectivity index (χ3v) is 4.22. The maximum absolute atomic E-state index is 13.3. The minimum atomic E-state index is -0.713. The molecule has 27 heavy (non-hydrogen) atoms. The van der Waals surface area contributed by atoms with Crippen molar-refractivity contribution in [2.45, 2.75) is 26.8 Å². The van der Waals surface area contributed by atoms with Gasteiger partial charge in [0.2, 0.25) is 0 Å². The molecule has 0 saturated heterocycles. The van der Waals surface area contributed by atoms with Gasteiger partial charge in [-0.25, -0.2) is 0 Å². The molecule has 0 aliphatic carbocycles. The summed E-state index contributed by atoms with van der Waals surface area (Å²) >= 11 is 0. The molecule has 2 rings (SSSR count). The molecule has 0 saturated carbocycles. The smallest absolute Gasteiger partial charge is 0.326 e. The predicted octanol–water partition coefficient (Wildman–Crippen LogP) is 1.89. The largest absolute Gasteiger partial charge is 0.465 e. The molecule has 1 aromatic carbocycles. The standard InChI is InChI=1S/C20H26N2O5/c1-5-27-18(24)12-21-16(15-9-7-6-8-10-15)11-22(17(23)13-26-4)19(14(2)3)20(21)25/h6-11,14,19H,5,12-13H2,1-4H3. The zero-order valence-electron chi connectivity index (χ0n) is 16.2. The molecular formula is C20H26N2O5. The van der Waals surface area contributed by atoms with Crippen LogP contribution in [0.2, 0.25) is 0 Å². The Hall–Kier alpha value is -2.67. The van der Waals surface area contributed by atoms with Crippen molar-refractivity contribution in [3.63, 3.8) is 0 Å². The highest BCUT2D eigenvalue weighted by molar-refractivity contribution is 5.99. The van der Waals surface area contributed by atoms with E-state index in [9.17, 15) is 14.4 Å². The highest BCUT2D eigenvalue weighted by Crippen LogP contribution is 2.30. The predicted molar refractivity (Wildman–Crippen MR) is 100 cm³/mol. The Morgan fingerprint density at radius 3 is 2.41 bits per heavy atom. The van der Waals surface area contributed by atoms with Gasteiger partial charge in [0.1, 0.15) is 19.2 Å². The van der Waals surface area contributed by atoms with E-state index in [-0.39, 0.29) is 37.5 Å². The second-order valence-corrected chi connectivity index (χ2v) is 6.53. The topological polar surface area (TPSA) is 76.2 Å². The average molecular weight is 374 g/mol. The van der Waals surface area contributed by atoms with Gasteiger partial charge in [-0.3, -0.25) is 19.3 Å². The van der Waals surface area contributed by atoms with Gasteiger partial charge in [-0.2, -0.15) is 0 Å². The number of benzene rings is 1. The average Bonchev–Trinajstić information content (AvgIpc) is 2.63. The highest BCUT2D eigenvalue weighted by Gasteiger charge is 2.41. The lowest BCUT2D eigenvalue weighted by Gasteiger charge is -2.40. The number of carbonyl (C=O) groups is 3. The zero-order valence-corrected chi connectivity index (χ0v) is 16.2. The summed E-state index contributed by atoms with van der Waals surface area (Å²) in [5.74, 6) is -1.26. The maximum atomic E-state index is 13.3. The van der Waals surface area contributed by atoms with Crippen LogP contribution in [-0.4, -0.2) is 60.5 Å². The van der Waals surface area contributed by atoms with Gasteiger partial charge in [0.25, 0.3) is 11.8 Å². The molecular weight excluding hydrogens is 348 g/mol. The molecule has 1 atom stereocenters. The van der Waals surface area contributed by atoms with Gasteiger partial charge < -0.3 is 14.4 Å². The Morgan fingerprint density at radius 1 is 1.19 bits per heavy atom. The first kappa shape index (κ1) is 20.6. The molecule has 7 heteroatoms. The molecule has 1 heterocycles. The van der Waals surface area contributed by atoms with Crippen LogP contribution in [0.5, 0.6) is 0 Å². The molecule has 1 aliphatic heterocycles. The van der Waals surface area contributed by atoms with Crippen LogP contribution in [0, 0.1) is 5.92 Å². The van der Waals surface area contributed by atoms with Crippen molar-refractivity contribution in [1.82, 2.24) is 9.80 Å². The highest BCUT2D eigenvalue weighted by atomic mass is 16.5. The normalized spacial score (nSPS) is 17.1. The first-order valence-electron chi connectivity index (χ1n) is 8.95. The number of rotatable bonds is 7. The van der Waals surface area contributed by atoms with Crippen molar-refractivity contribution in [3.8, 4) is 0 Å². The Morgan fingerprint density at radius 2 is 1.85 bits per heavy atom. The van der Waals surface area contributed by atoms with E-state index in [2.05, 4.69) is 0 Å². The second-order valence-electron chi connectivity index (χ2n) is 6.53. The second kappa shape index (κ2) is 9.32. The van der Waals surface area contributed by atoms with E-state index in [0.717, 1.165) is 5.56 Å². The van der Waals surface area contributed by atoms with Crippen molar-refractivity contribution >= 4 is 23.5 Å². The summed E-state index contributed by atoms with van der Waals surface area (Å²) in [5.41, 5.74) is 1.21. The van der Waals surface area contributed by atoms with Crippen LogP contribution in [0.4, 0.5) is 0 Å².